The van der Waals surface area contributed by atoms with Crippen LogP contribution in [0.25, 0.3) is 0 Å². The molecular weight excluding hydrogens is 370 g/mol. The van der Waals surface area contributed by atoms with E-state index in [0.29, 0.717) is 0 Å². The predicted molar refractivity (Wildman–Crippen MR) is 89.6 cm³/mol. The minimum atomic E-state index is -3.69. The largest absolute Gasteiger partial charge is 0.634 e. The molecule has 2 heterocycles. The summed E-state index contributed by atoms with van der Waals surface area (Å²) in [5.74, 6) is 1.48. The number of carbonyl (C=O) groups excluding carboxylic acids is 2. The number of rotatable bonds is 6. The van der Waals surface area contributed by atoms with Crippen molar-refractivity contribution >= 4 is 27.7 Å². The van der Waals surface area contributed by atoms with Gasteiger partial charge in [-0.3, -0.25) is 9.59 Å². The van der Waals surface area contributed by atoms with Gasteiger partial charge >= 0.3 is 11.9 Å². The van der Waals surface area contributed by atoms with Gasteiger partial charge in [-0.15, -0.1) is 9.34 Å². The highest BCUT2D eigenvalue weighted by Crippen LogP contribution is 2.75. The Morgan fingerprint density at radius 1 is 0.920 bits per heavy atom. The van der Waals surface area contributed by atoms with Crippen LogP contribution in [0.2, 0.25) is 0 Å². The maximum absolute atomic E-state index is 13.2. The summed E-state index contributed by atoms with van der Waals surface area (Å²) in [6.45, 7) is 3.46. The molecule has 9 nitrogen and oxygen atoms in total. The second-order valence-corrected chi connectivity index (χ2v) is 10.2. The van der Waals surface area contributed by atoms with Crippen molar-refractivity contribution in [2.75, 3.05) is 27.3 Å². The van der Waals surface area contributed by atoms with Gasteiger partial charge in [0.05, 0.1) is 27.3 Å². The fraction of sp³-hybridized carbons (Fsp3) is 0.571. The summed E-state index contributed by atoms with van der Waals surface area (Å²) in [7, 11) is -4.92. The summed E-state index contributed by atoms with van der Waals surface area (Å²) in [6.07, 6.45) is 3.17. The summed E-state index contributed by atoms with van der Waals surface area (Å²) in [6, 6.07) is -1.68. The van der Waals surface area contributed by atoms with Gasteiger partial charge in [0, 0.05) is 0 Å². The fourth-order valence-corrected chi connectivity index (χ4v) is 8.06. The Bertz CT molecular complexity index is 552. The highest BCUT2D eigenvalue weighted by Gasteiger charge is 2.56. The second kappa shape index (κ2) is 7.76. The van der Waals surface area contributed by atoms with Crippen LogP contribution in [0, 0.1) is 0 Å². The standard InChI is InChI=1S/C14H22N2O7P2/c1-11(13(17)21-3)15-7-5-9-24(15,19)23-25(20)10-6-8-16(25)12(2)14(18)22-4/h5-6,9-12H,7-8H2,1-4H3/t11-,12?,24?,25?/m0/s1. The molecule has 0 N–H and O–H groups in total. The van der Waals surface area contributed by atoms with Crippen molar-refractivity contribution in [3.05, 3.63) is 23.8 Å². The quantitative estimate of drug-likeness (QED) is 0.456. The molecule has 3 unspecified atom stereocenters. The van der Waals surface area contributed by atoms with E-state index in [1.165, 1.54) is 49.0 Å². The zero-order chi connectivity index (χ0) is 18.8. The topological polar surface area (TPSA) is 114 Å². The second-order valence-electron chi connectivity index (χ2n) is 5.62. The molecule has 0 saturated heterocycles. The maximum Gasteiger partial charge on any atom is 0.326 e. The minimum Gasteiger partial charge on any atom is -0.634 e. The molecule has 0 spiro atoms. The summed E-state index contributed by atoms with van der Waals surface area (Å²) in [4.78, 5) is 50.0. The van der Waals surface area contributed by atoms with E-state index in [2.05, 4.69) is 9.47 Å². The Kier molecular flexibility index (Phi) is 6.33. The lowest BCUT2D eigenvalue weighted by Crippen LogP contribution is -2.44. The molecule has 0 bridgehead atoms. The Morgan fingerprint density at radius 3 is 1.60 bits per heavy atom. The van der Waals surface area contributed by atoms with Gasteiger partial charge in [0.15, 0.2) is 0 Å². The predicted octanol–water partition coefficient (Wildman–Crippen LogP) is 0.0304. The number of carbonyl (C=O) groups is 2. The van der Waals surface area contributed by atoms with Crippen LogP contribution in [0.5, 0.6) is 0 Å². The third-order valence-electron chi connectivity index (χ3n) is 4.10. The average molecular weight is 392 g/mol. The molecule has 0 fully saturated rings. The normalized spacial score (nSPS) is 31.9. The molecule has 2 aliphatic rings. The monoisotopic (exact) mass is 392 g/mol. The number of nitrogens with zero attached hydrogens (tertiary/aromatic N) is 2. The molecule has 11 heteroatoms. The van der Waals surface area contributed by atoms with Crippen LogP contribution in [0.4, 0.5) is 0 Å². The highest BCUT2D eigenvalue weighted by atomic mass is 31.3. The SMILES string of the molecule is COC(=O)C(C)N1CC=C[P+]1([O-])O[P+]1([O-])C=CCN1[C@@H](C)C(=O)OC. The first-order chi connectivity index (χ1) is 11.7. The number of methoxy groups -OCH3 is 2. The smallest absolute Gasteiger partial charge is 0.326 e. The zero-order valence-corrected chi connectivity index (χ0v) is 16.3. The Labute approximate surface area is 147 Å². The first-order valence-corrected chi connectivity index (χ1v) is 10.9. The van der Waals surface area contributed by atoms with Crippen molar-refractivity contribution in [1.82, 2.24) is 9.34 Å². The minimum absolute atomic E-state index is 0.198. The van der Waals surface area contributed by atoms with Gasteiger partial charge in [-0.05, 0) is 26.0 Å². The van der Waals surface area contributed by atoms with Gasteiger partial charge in [0.2, 0.25) is 0 Å². The Balaban J connectivity index is 2.22. The molecule has 2 aliphatic heterocycles. The van der Waals surface area contributed by atoms with Gasteiger partial charge in [-0.2, -0.15) is 0 Å². The third kappa shape index (κ3) is 3.93. The van der Waals surface area contributed by atoms with Crippen molar-refractivity contribution in [1.29, 1.82) is 0 Å². The molecule has 0 amide bonds. The maximum atomic E-state index is 13.2. The molecule has 0 aromatic rings. The summed E-state index contributed by atoms with van der Waals surface area (Å²) < 4.78 is 17.6. The molecule has 0 aliphatic carbocycles. The first-order valence-electron chi connectivity index (χ1n) is 7.64. The first kappa shape index (κ1) is 20.4. The van der Waals surface area contributed by atoms with Crippen LogP contribution >= 0.6 is 15.7 Å². The van der Waals surface area contributed by atoms with Crippen LogP contribution in [0.3, 0.4) is 0 Å². The average Bonchev–Trinajstić information content (AvgIpc) is 3.14. The molecule has 0 saturated carbocycles. The molecule has 0 radical (unpaired) electrons. The number of hydrogen-bond acceptors (Lipinski definition) is 9. The lowest BCUT2D eigenvalue weighted by Gasteiger charge is -2.39. The van der Waals surface area contributed by atoms with Crippen LogP contribution in [0.15, 0.2) is 23.8 Å². The fourth-order valence-electron chi connectivity index (χ4n) is 2.67. The molecular formula is C14H22N2O7P2. The van der Waals surface area contributed by atoms with E-state index in [0.717, 1.165) is 0 Å². The molecule has 0 aromatic heterocycles. The van der Waals surface area contributed by atoms with E-state index in [9.17, 15) is 19.4 Å². The molecule has 25 heavy (non-hydrogen) atoms. The number of hydrogen-bond donors (Lipinski definition) is 0. The van der Waals surface area contributed by atoms with Crippen molar-refractivity contribution < 1.29 is 33.2 Å². The Hall–Kier alpha value is -0.920. The molecule has 0 aromatic carbocycles. The van der Waals surface area contributed by atoms with E-state index in [1.807, 2.05) is 0 Å². The van der Waals surface area contributed by atoms with E-state index in [1.54, 1.807) is 12.2 Å². The summed E-state index contributed by atoms with van der Waals surface area (Å²) >= 11 is 0. The summed E-state index contributed by atoms with van der Waals surface area (Å²) in [5.41, 5.74) is 0. The lowest BCUT2D eigenvalue weighted by molar-refractivity contribution is -0.220. The number of esters is 2. The molecule has 2 rings (SSSR count). The van der Waals surface area contributed by atoms with Gasteiger partial charge in [-0.1, -0.05) is 4.31 Å². The lowest BCUT2D eigenvalue weighted by atomic mass is 10.3. The van der Waals surface area contributed by atoms with Gasteiger partial charge in [0.25, 0.3) is 15.7 Å². The van der Waals surface area contributed by atoms with Crippen molar-refractivity contribution in [2.45, 2.75) is 25.9 Å². The van der Waals surface area contributed by atoms with Gasteiger partial charge < -0.3 is 19.3 Å². The van der Waals surface area contributed by atoms with Gasteiger partial charge in [0.1, 0.15) is 23.7 Å². The van der Waals surface area contributed by atoms with Crippen molar-refractivity contribution in [3.8, 4) is 0 Å². The zero-order valence-electron chi connectivity index (χ0n) is 14.5. The van der Waals surface area contributed by atoms with Crippen LogP contribution < -0.4 is 9.79 Å². The Morgan fingerprint density at radius 2 is 1.28 bits per heavy atom. The van der Waals surface area contributed by atoms with Crippen LogP contribution in [-0.4, -0.2) is 60.7 Å². The number of ether oxygens (including phenoxy) is 2. The van der Waals surface area contributed by atoms with E-state index in [4.69, 9.17) is 4.31 Å². The van der Waals surface area contributed by atoms with E-state index in [-0.39, 0.29) is 13.1 Å². The summed E-state index contributed by atoms with van der Waals surface area (Å²) in [5, 5.41) is 0. The van der Waals surface area contributed by atoms with Crippen molar-refractivity contribution in [3.63, 3.8) is 0 Å². The highest BCUT2D eigenvalue weighted by molar-refractivity contribution is 7.78. The van der Waals surface area contributed by atoms with E-state index < -0.39 is 39.8 Å². The van der Waals surface area contributed by atoms with Crippen LogP contribution in [0.1, 0.15) is 13.8 Å². The molecule has 140 valence electrons. The third-order valence-corrected chi connectivity index (χ3v) is 9.60. The van der Waals surface area contributed by atoms with Gasteiger partial charge in [-0.25, -0.2) is 0 Å². The van der Waals surface area contributed by atoms with Crippen molar-refractivity contribution in [2.24, 2.45) is 0 Å². The molecule has 4 atom stereocenters. The van der Waals surface area contributed by atoms with E-state index >= 15 is 0 Å². The van der Waals surface area contributed by atoms with Crippen LogP contribution in [-0.2, 0) is 23.4 Å².